The van der Waals surface area contributed by atoms with Gasteiger partial charge in [0.2, 0.25) is 0 Å². The maximum absolute atomic E-state index is 5.88. The van der Waals surface area contributed by atoms with Crippen LogP contribution in [0.3, 0.4) is 0 Å². The summed E-state index contributed by atoms with van der Waals surface area (Å²) in [5.41, 5.74) is -0.177. The fourth-order valence-electron chi connectivity index (χ4n) is 1.14. The van der Waals surface area contributed by atoms with Gasteiger partial charge in [-0.3, -0.25) is 4.90 Å². The third-order valence-corrected chi connectivity index (χ3v) is 1.83. The molecule has 1 heterocycles. The molecule has 1 rings (SSSR count). The van der Waals surface area contributed by atoms with Gasteiger partial charge in [0.1, 0.15) is 0 Å². The molecule has 0 atom stereocenters. The van der Waals surface area contributed by atoms with Crippen LogP contribution < -0.4 is 0 Å². The molecule has 1 aliphatic heterocycles. The minimum atomic E-state index is -0.177. The van der Waals surface area contributed by atoms with Crippen molar-refractivity contribution in [3.05, 3.63) is 6.92 Å². The predicted molar refractivity (Wildman–Crippen MR) is 40.8 cm³/mol. The highest BCUT2D eigenvalue weighted by Crippen LogP contribution is 2.13. The van der Waals surface area contributed by atoms with Crippen LogP contribution in [0.4, 0.5) is 0 Å². The van der Waals surface area contributed by atoms with Crippen molar-refractivity contribution in [1.29, 1.82) is 0 Å². The Bertz CT molecular complexity index is 100. The number of morpholine rings is 1. The fraction of sp³-hybridized carbons (Fsp3) is 0.875. The van der Waals surface area contributed by atoms with Crippen LogP contribution >= 0.6 is 0 Å². The molecule has 1 saturated heterocycles. The van der Waals surface area contributed by atoms with E-state index in [1.807, 2.05) is 13.8 Å². The van der Waals surface area contributed by atoms with Crippen molar-refractivity contribution in [2.45, 2.75) is 19.4 Å². The van der Waals surface area contributed by atoms with Gasteiger partial charge >= 0.3 is 0 Å². The Morgan fingerprint density at radius 1 is 1.30 bits per heavy atom. The van der Waals surface area contributed by atoms with Crippen LogP contribution in [-0.2, 0) is 4.74 Å². The summed E-state index contributed by atoms with van der Waals surface area (Å²) in [4.78, 5) is 2.23. The van der Waals surface area contributed by atoms with Gasteiger partial charge < -0.3 is 4.74 Å². The minimum Gasteiger partial charge on any atom is -0.379 e. The molecule has 0 N–H and O–H groups in total. The Kier molecular flexibility index (Phi) is 2.32. The fourth-order valence-corrected chi connectivity index (χ4v) is 1.14. The largest absolute Gasteiger partial charge is 0.379 e. The van der Waals surface area contributed by atoms with Crippen molar-refractivity contribution in [2.24, 2.45) is 0 Å². The van der Waals surface area contributed by atoms with Crippen molar-refractivity contribution in [3.63, 3.8) is 0 Å². The van der Waals surface area contributed by atoms with Gasteiger partial charge in [0, 0.05) is 18.6 Å². The minimum absolute atomic E-state index is 0.177. The van der Waals surface area contributed by atoms with Crippen LogP contribution in [0, 0.1) is 6.92 Å². The Balaban J connectivity index is 2.39. The van der Waals surface area contributed by atoms with Crippen molar-refractivity contribution >= 4 is 0 Å². The molecule has 0 amide bonds. The first-order chi connectivity index (χ1) is 4.61. The van der Waals surface area contributed by atoms with Crippen LogP contribution in [0.15, 0.2) is 0 Å². The Hall–Kier alpha value is -0.0800. The predicted octanol–water partition coefficient (Wildman–Crippen LogP) is 0.808. The molecule has 0 aromatic carbocycles. The summed E-state index contributed by atoms with van der Waals surface area (Å²) in [5.74, 6) is 0. The monoisotopic (exact) mass is 141 g/mol. The summed E-state index contributed by atoms with van der Waals surface area (Å²) in [6.07, 6.45) is 0. The van der Waals surface area contributed by atoms with E-state index in [0.717, 1.165) is 26.3 Å². The molecule has 2 radical (unpaired) electrons. The molecular weight excluding hydrogens is 126 g/mol. The van der Waals surface area contributed by atoms with Gasteiger partial charge in [-0.05, 0) is 20.8 Å². The zero-order chi connectivity index (χ0) is 7.61. The van der Waals surface area contributed by atoms with Crippen LogP contribution in [-0.4, -0.2) is 36.7 Å². The lowest BCUT2D eigenvalue weighted by Gasteiger charge is -2.37. The van der Waals surface area contributed by atoms with Crippen LogP contribution in [0.5, 0.6) is 0 Å². The smallest absolute Gasteiger partial charge is 0.0594 e. The highest BCUT2D eigenvalue weighted by atomic mass is 16.5. The number of ether oxygens (including phenoxy) is 1. The van der Waals surface area contributed by atoms with E-state index in [2.05, 4.69) is 4.90 Å². The van der Waals surface area contributed by atoms with Crippen LogP contribution in [0.2, 0.25) is 0 Å². The number of rotatable bonds is 1. The molecular formula is C8H15NO. The molecule has 0 unspecified atom stereocenters. The molecule has 0 aromatic rings. The maximum atomic E-state index is 5.88. The zero-order valence-electron chi connectivity index (χ0n) is 6.76. The quantitative estimate of drug-likeness (QED) is 0.536. The SMILES string of the molecule is [CH]C(C)(C)N1CCOCC1. The number of hydrogen-bond acceptors (Lipinski definition) is 2. The average molecular weight is 141 g/mol. The summed E-state index contributed by atoms with van der Waals surface area (Å²) in [7, 11) is 0. The van der Waals surface area contributed by atoms with Crippen molar-refractivity contribution < 1.29 is 4.74 Å². The normalized spacial score (nSPS) is 23.1. The van der Waals surface area contributed by atoms with E-state index < -0.39 is 0 Å². The van der Waals surface area contributed by atoms with Crippen molar-refractivity contribution in [1.82, 2.24) is 4.90 Å². The first-order valence-corrected chi connectivity index (χ1v) is 3.72. The topological polar surface area (TPSA) is 12.5 Å². The Morgan fingerprint density at radius 2 is 1.80 bits per heavy atom. The van der Waals surface area contributed by atoms with Gasteiger partial charge in [-0.2, -0.15) is 0 Å². The third kappa shape index (κ3) is 1.96. The van der Waals surface area contributed by atoms with Gasteiger partial charge in [0.25, 0.3) is 0 Å². The van der Waals surface area contributed by atoms with Crippen molar-refractivity contribution in [2.75, 3.05) is 26.3 Å². The Morgan fingerprint density at radius 3 is 2.10 bits per heavy atom. The second kappa shape index (κ2) is 2.89. The molecule has 0 spiro atoms. The lowest BCUT2D eigenvalue weighted by Crippen LogP contribution is -2.48. The number of nitrogens with zero attached hydrogens (tertiary/aromatic N) is 1. The molecule has 10 heavy (non-hydrogen) atoms. The number of hydrogen-bond donors (Lipinski definition) is 0. The first-order valence-electron chi connectivity index (χ1n) is 3.72. The van der Waals surface area contributed by atoms with Gasteiger partial charge in [-0.15, -0.1) is 0 Å². The molecule has 0 aliphatic carbocycles. The lowest BCUT2D eigenvalue weighted by atomic mass is 10.1. The van der Waals surface area contributed by atoms with Gasteiger partial charge in [-0.1, -0.05) is 0 Å². The molecule has 0 saturated carbocycles. The lowest BCUT2D eigenvalue weighted by molar-refractivity contribution is 0.00392. The molecule has 2 heteroatoms. The van der Waals surface area contributed by atoms with E-state index >= 15 is 0 Å². The van der Waals surface area contributed by atoms with Gasteiger partial charge in [-0.25, -0.2) is 0 Å². The second-order valence-corrected chi connectivity index (χ2v) is 3.25. The van der Waals surface area contributed by atoms with Crippen molar-refractivity contribution in [3.8, 4) is 0 Å². The van der Waals surface area contributed by atoms with E-state index in [4.69, 9.17) is 11.7 Å². The summed E-state index contributed by atoms with van der Waals surface area (Å²) in [5, 5.41) is 0. The van der Waals surface area contributed by atoms with E-state index in [9.17, 15) is 0 Å². The average Bonchev–Trinajstić information content (AvgIpc) is 1.88. The third-order valence-electron chi connectivity index (χ3n) is 1.83. The molecule has 1 fully saturated rings. The van der Waals surface area contributed by atoms with E-state index in [0.29, 0.717) is 0 Å². The molecule has 2 nitrogen and oxygen atoms in total. The highest BCUT2D eigenvalue weighted by Gasteiger charge is 2.22. The van der Waals surface area contributed by atoms with Crippen LogP contribution in [0.1, 0.15) is 13.8 Å². The second-order valence-electron chi connectivity index (χ2n) is 3.25. The maximum Gasteiger partial charge on any atom is 0.0594 e. The van der Waals surface area contributed by atoms with Gasteiger partial charge in [0.15, 0.2) is 0 Å². The summed E-state index contributed by atoms with van der Waals surface area (Å²) in [6.45, 7) is 13.5. The zero-order valence-corrected chi connectivity index (χ0v) is 6.76. The summed E-state index contributed by atoms with van der Waals surface area (Å²) >= 11 is 0. The summed E-state index contributed by atoms with van der Waals surface area (Å²) in [6, 6.07) is 0. The molecule has 1 aliphatic rings. The highest BCUT2D eigenvalue weighted by molar-refractivity contribution is 4.84. The standard InChI is InChI=1S/C8H15NO/c1-8(2,3)9-4-6-10-7-5-9/h1H,4-7H2,2-3H3. The van der Waals surface area contributed by atoms with E-state index in [1.54, 1.807) is 0 Å². The summed E-state index contributed by atoms with van der Waals surface area (Å²) < 4.78 is 5.20. The molecule has 58 valence electrons. The van der Waals surface area contributed by atoms with E-state index in [1.165, 1.54) is 0 Å². The molecule has 0 bridgehead atoms. The molecule has 0 aromatic heterocycles. The van der Waals surface area contributed by atoms with Gasteiger partial charge in [0.05, 0.1) is 13.2 Å². The van der Waals surface area contributed by atoms with Crippen LogP contribution in [0.25, 0.3) is 0 Å². The first kappa shape index (κ1) is 8.02. The van der Waals surface area contributed by atoms with E-state index in [-0.39, 0.29) is 5.54 Å². The Labute approximate surface area is 63.2 Å².